The molecule has 0 radical (unpaired) electrons. The number of benzene rings is 6. The van der Waals surface area contributed by atoms with Crippen molar-refractivity contribution in [2.75, 3.05) is 9.34 Å². The number of aryl methyl sites for hydroxylation is 4. The first-order valence-electron chi connectivity index (χ1n) is 19.5. The molecule has 0 spiro atoms. The molecule has 8 rings (SSSR count). The van der Waals surface area contributed by atoms with Gasteiger partial charge in [0.05, 0.1) is 10.8 Å². The topological polar surface area (TPSA) is 59.0 Å². The summed E-state index contributed by atoms with van der Waals surface area (Å²) in [4.78, 5) is 0. The second-order valence-electron chi connectivity index (χ2n) is 15.0. The fraction of sp³-hybridized carbons (Fsp3) is 0.250. The van der Waals surface area contributed by atoms with E-state index in [0.29, 0.717) is 0 Å². The van der Waals surface area contributed by atoms with Gasteiger partial charge in [0.25, 0.3) is 0 Å². The zero-order valence-corrected chi connectivity index (χ0v) is 35.2. The van der Waals surface area contributed by atoms with Crippen LogP contribution < -0.4 is 9.34 Å². The molecule has 2 aromatic heterocycles. The summed E-state index contributed by atoms with van der Waals surface area (Å²) in [6.07, 6.45) is 0. The van der Waals surface area contributed by atoms with Gasteiger partial charge in [-0.3, -0.25) is 0 Å². The fourth-order valence-corrected chi connectivity index (χ4v) is 11.8. The van der Waals surface area contributed by atoms with E-state index in [9.17, 15) is 0 Å². The van der Waals surface area contributed by atoms with Crippen LogP contribution in [0, 0.1) is 27.7 Å². The Bertz CT molecular complexity index is 2310. The lowest BCUT2D eigenvalue weighted by Gasteiger charge is -2.32. The summed E-state index contributed by atoms with van der Waals surface area (Å²) >= 11 is 0. The molecule has 0 N–H and O–H groups in total. The van der Waals surface area contributed by atoms with Crippen LogP contribution in [0.2, 0.25) is 0 Å². The van der Waals surface area contributed by atoms with Gasteiger partial charge < -0.3 is 16.8 Å². The third kappa shape index (κ3) is 7.01. The summed E-state index contributed by atoms with van der Waals surface area (Å²) < 4.78 is 34.2. The van der Waals surface area contributed by atoms with Crippen LogP contribution >= 0.6 is 16.3 Å². The smallest absolute Gasteiger partial charge is 0.310 e. The van der Waals surface area contributed by atoms with Gasteiger partial charge in [0.15, 0.2) is 0 Å². The van der Waals surface area contributed by atoms with Crippen LogP contribution in [0.4, 0.5) is 0 Å². The van der Waals surface area contributed by atoms with Gasteiger partial charge in [0.1, 0.15) is 22.3 Å². The number of nitrogens with zero attached hydrogens (tertiary/aromatic N) is 2. The average molecular weight is 781 g/mol. The molecule has 2 heterocycles. The number of hydrogen-bond acceptors (Lipinski definition) is 6. The molecule has 4 atom stereocenters. The first-order chi connectivity index (χ1) is 27.1. The Labute approximate surface area is 331 Å². The van der Waals surface area contributed by atoms with E-state index in [0.717, 1.165) is 55.4 Å². The van der Waals surface area contributed by atoms with E-state index >= 15 is 0 Å². The van der Waals surface area contributed by atoms with Crippen molar-refractivity contribution >= 4 is 49.4 Å². The lowest BCUT2D eigenvalue weighted by atomic mass is 10.0. The van der Waals surface area contributed by atoms with Gasteiger partial charge in [-0.2, -0.15) is 9.34 Å². The standard InChI is InChI=1S/C48H50N2O4P2/c1-31-29-32(2)46-43-44-47(53-55(51-45(31)43)49(35(5)39-21-13-9-14-22-39)36(6)40-23-15-10-16-24-40)33(3)30-34(4)48(44)54-56(52-46)50(37(7)41-25-17-11-18-26-41)38(8)42-27-19-12-20-28-42/h9-30,35-38H,1-8H3/t35-,36-,37-,38-,55?,56?/m0/s1. The van der Waals surface area contributed by atoms with Gasteiger partial charge in [-0.05, 0) is 112 Å². The van der Waals surface area contributed by atoms with Gasteiger partial charge >= 0.3 is 16.3 Å². The maximum atomic E-state index is 7.35. The van der Waals surface area contributed by atoms with Crippen molar-refractivity contribution in [3.05, 3.63) is 178 Å². The van der Waals surface area contributed by atoms with Crippen LogP contribution in [-0.4, -0.2) is 0 Å². The third-order valence-corrected chi connectivity index (χ3v) is 14.7. The van der Waals surface area contributed by atoms with Crippen molar-refractivity contribution in [1.82, 2.24) is 0 Å². The molecule has 8 heteroatoms. The molecule has 0 fully saturated rings. The molecule has 8 aromatic rings. The van der Waals surface area contributed by atoms with E-state index in [-0.39, 0.29) is 24.2 Å². The molecule has 0 unspecified atom stereocenters. The van der Waals surface area contributed by atoms with Crippen LogP contribution in [0.3, 0.4) is 0 Å². The molecular weight excluding hydrogens is 730 g/mol. The minimum absolute atomic E-state index is 0.0290. The second-order valence-corrected chi connectivity index (χ2v) is 17.6. The molecule has 0 amide bonds. The molecule has 0 aliphatic carbocycles. The van der Waals surface area contributed by atoms with Crippen LogP contribution in [-0.2, 0) is 0 Å². The Balaban J connectivity index is 1.46. The third-order valence-electron chi connectivity index (χ3n) is 11.2. The maximum absolute atomic E-state index is 7.35. The van der Waals surface area contributed by atoms with Crippen molar-refractivity contribution in [3.8, 4) is 0 Å². The molecule has 6 nitrogen and oxygen atoms in total. The van der Waals surface area contributed by atoms with Gasteiger partial charge in [0, 0.05) is 24.2 Å². The van der Waals surface area contributed by atoms with Gasteiger partial charge in [-0.1, -0.05) is 121 Å². The van der Waals surface area contributed by atoms with Crippen molar-refractivity contribution < 1.29 is 16.8 Å². The van der Waals surface area contributed by atoms with Crippen LogP contribution in [0.25, 0.3) is 33.1 Å². The van der Waals surface area contributed by atoms with E-state index in [1.807, 2.05) is 0 Å². The summed E-state index contributed by atoms with van der Waals surface area (Å²) in [5.41, 5.74) is 11.9. The van der Waals surface area contributed by atoms with E-state index in [4.69, 9.17) is 16.8 Å². The Morgan fingerprint density at radius 2 is 0.571 bits per heavy atom. The van der Waals surface area contributed by atoms with Crippen LogP contribution in [0.1, 0.15) is 96.4 Å². The largest absolute Gasteiger partial charge is 0.407 e. The summed E-state index contributed by atoms with van der Waals surface area (Å²) in [6, 6.07) is 46.8. The monoisotopic (exact) mass is 780 g/mol. The lowest BCUT2D eigenvalue weighted by Crippen LogP contribution is -2.27. The minimum atomic E-state index is -1.71. The Morgan fingerprint density at radius 1 is 0.357 bits per heavy atom. The first-order valence-corrected chi connectivity index (χ1v) is 21.8. The minimum Gasteiger partial charge on any atom is -0.407 e. The molecule has 0 aliphatic heterocycles. The van der Waals surface area contributed by atoms with Crippen molar-refractivity contribution in [2.24, 2.45) is 0 Å². The lowest BCUT2D eigenvalue weighted by molar-refractivity contribution is 0.553. The highest BCUT2D eigenvalue weighted by atomic mass is 31.1. The summed E-state index contributed by atoms with van der Waals surface area (Å²) in [5, 5.41) is 1.79. The Kier molecular flexibility index (Phi) is 10.8. The maximum Gasteiger partial charge on any atom is 0.310 e. The SMILES string of the molecule is Cc1cc(C)c2op(N([C@@H](C)c3ccccc3)[C@@H](C)c3ccccc3)oc3c(C)cc(C)c4op(N([C@@H](C)c5ccccc5)[C@@H](C)c5ccccc5)oc1c2c43. The summed E-state index contributed by atoms with van der Waals surface area (Å²) in [7, 11) is -3.41. The second kappa shape index (κ2) is 15.9. The average Bonchev–Trinajstić information content (AvgIpc) is 3.52. The highest BCUT2D eigenvalue weighted by Gasteiger charge is 2.33. The summed E-state index contributed by atoms with van der Waals surface area (Å²) in [5.74, 6) is 0. The Hall–Kier alpha value is -4.96. The van der Waals surface area contributed by atoms with Gasteiger partial charge in [-0.15, -0.1) is 0 Å². The molecule has 0 saturated heterocycles. The van der Waals surface area contributed by atoms with Crippen molar-refractivity contribution in [2.45, 2.75) is 79.6 Å². The van der Waals surface area contributed by atoms with Gasteiger partial charge in [0.2, 0.25) is 0 Å². The predicted octanol–water partition coefficient (Wildman–Crippen LogP) is 15.3. The quantitative estimate of drug-likeness (QED) is 0.138. The summed E-state index contributed by atoms with van der Waals surface area (Å²) in [6.45, 7) is 17.5. The normalized spacial score (nSPS) is 14.1. The molecular formula is C48H50N2O4P2. The van der Waals surface area contributed by atoms with Crippen LogP contribution in [0.5, 0.6) is 0 Å². The Morgan fingerprint density at radius 3 is 0.786 bits per heavy atom. The van der Waals surface area contributed by atoms with E-state index < -0.39 is 16.3 Å². The predicted molar refractivity (Wildman–Crippen MR) is 235 cm³/mol. The van der Waals surface area contributed by atoms with Crippen molar-refractivity contribution in [3.63, 3.8) is 0 Å². The van der Waals surface area contributed by atoms with Gasteiger partial charge in [-0.25, -0.2) is 0 Å². The number of rotatable bonds is 10. The van der Waals surface area contributed by atoms with Crippen LogP contribution in [0.15, 0.2) is 150 Å². The first kappa shape index (κ1) is 37.9. The van der Waals surface area contributed by atoms with Crippen molar-refractivity contribution in [1.29, 1.82) is 0 Å². The molecule has 0 bridgehead atoms. The highest BCUT2D eigenvalue weighted by Crippen LogP contribution is 2.52. The molecule has 286 valence electrons. The van der Waals surface area contributed by atoms with E-state index in [1.165, 1.54) is 22.3 Å². The highest BCUT2D eigenvalue weighted by molar-refractivity contribution is 7.39. The molecule has 56 heavy (non-hydrogen) atoms. The zero-order chi connectivity index (χ0) is 39.1. The fourth-order valence-electron chi connectivity index (χ4n) is 8.14. The number of hydrogen-bond donors (Lipinski definition) is 0. The molecule has 6 aromatic carbocycles. The molecule has 0 aliphatic rings. The molecule has 0 saturated carbocycles. The van der Waals surface area contributed by atoms with E-state index in [1.54, 1.807) is 0 Å². The van der Waals surface area contributed by atoms with E-state index in [2.05, 4.69) is 198 Å². The zero-order valence-electron chi connectivity index (χ0n) is 33.4.